The summed E-state index contributed by atoms with van der Waals surface area (Å²) < 4.78 is 13.7. The highest BCUT2D eigenvalue weighted by molar-refractivity contribution is 7.99. The first-order chi connectivity index (χ1) is 10.1. The summed E-state index contributed by atoms with van der Waals surface area (Å²) in [4.78, 5) is 16.2. The molecular formula is C16H10FNO2S. The largest absolute Gasteiger partial charge is 0.478 e. The second-order valence-electron chi connectivity index (χ2n) is 4.36. The Morgan fingerprint density at radius 3 is 2.57 bits per heavy atom. The summed E-state index contributed by atoms with van der Waals surface area (Å²) in [6, 6.07) is 14.8. The highest BCUT2D eigenvalue weighted by atomic mass is 32.2. The van der Waals surface area contributed by atoms with Crippen LogP contribution in [0.15, 0.2) is 64.5 Å². The van der Waals surface area contributed by atoms with Crippen LogP contribution >= 0.6 is 11.8 Å². The number of hydrogen-bond acceptors (Lipinski definition) is 3. The highest BCUT2D eigenvalue weighted by Crippen LogP contribution is 2.31. The second-order valence-corrected chi connectivity index (χ2v) is 5.43. The molecule has 104 valence electrons. The number of para-hydroxylation sites is 1. The van der Waals surface area contributed by atoms with E-state index in [1.807, 2.05) is 0 Å². The quantitative estimate of drug-likeness (QED) is 0.786. The third-order valence-electron chi connectivity index (χ3n) is 2.97. The smallest absolute Gasteiger partial charge is 0.336 e. The topological polar surface area (TPSA) is 50.2 Å². The van der Waals surface area contributed by atoms with Crippen LogP contribution in [0.5, 0.6) is 0 Å². The third-order valence-corrected chi connectivity index (χ3v) is 3.94. The lowest BCUT2D eigenvalue weighted by molar-refractivity contribution is 0.0698. The molecule has 0 fully saturated rings. The molecule has 0 aliphatic rings. The van der Waals surface area contributed by atoms with Crippen LogP contribution < -0.4 is 0 Å². The van der Waals surface area contributed by atoms with Crippen molar-refractivity contribution in [1.82, 2.24) is 4.98 Å². The molecule has 0 radical (unpaired) electrons. The fraction of sp³-hybridized carbons (Fsp3) is 0. The fourth-order valence-corrected chi connectivity index (χ4v) is 2.88. The molecule has 1 heterocycles. The average Bonchev–Trinajstić information content (AvgIpc) is 2.48. The van der Waals surface area contributed by atoms with Gasteiger partial charge in [-0.1, -0.05) is 42.1 Å². The Hall–Kier alpha value is -2.40. The van der Waals surface area contributed by atoms with Crippen LogP contribution in [-0.4, -0.2) is 16.1 Å². The fourth-order valence-electron chi connectivity index (χ4n) is 2.02. The summed E-state index contributed by atoms with van der Waals surface area (Å²) in [7, 11) is 0. The van der Waals surface area contributed by atoms with E-state index < -0.39 is 5.97 Å². The SMILES string of the molecule is O=C(O)c1cc(Sc2ccccc2F)nc2ccccc12. The van der Waals surface area contributed by atoms with Gasteiger partial charge in [-0.25, -0.2) is 14.2 Å². The van der Waals surface area contributed by atoms with Crippen molar-refractivity contribution in [1.29, 1.82) is 0 Å². The number of aromatic carboxylic acids is 1. The zero-order valence-electron chi connectivity index (χ0n) is 10.8. The molecule has 3 rings (SSSR count). The van der Waals surface area contributed by atoms with Gasteiger partial charge in [0.1, 0.15) is 10.8 Å². The van der Waals surface area contributed by atoms with Crippen molar-refractivity contribution in [2.45, 2.75) is 9.92 Å². The van der Waals surface area contributed by atoms with Gasteiger partial charge in [0.25, 0.3) is 0 Å². The van der Waals surface area contributed by atoms with Crippen molar-refractivity contribution in [2.24, 2.45) is 0 Å². The molecule has 1 N–H and O–H groups in total. The van der Waals surface area contributed by atoms with E-state index in [2.05, 4.69) is 4.98 Å². The number of hydrogen-bond donors (Lipinski definition) is 1. The van der Waals surface area contributed by atoms with Gasteiger partial charge in [-0.05, 0) is 24.3 Å². The zero-order chi connectivity index (χ0) is 14.8. The summed E-state index contributed by atoms with van der Waals surface area (Å²) in [5.41, 5.74) is 0.746. The molecule has 1 aromatic heterocycles. The van der Waals surface area contributed by atoms with E-state index in [1.165, 1.54) is 12.1 Å². The standard InChI is InChI=1S/C16H10FNO2S/c17-12-6-2-4-8-14(12)21-15-9-11(16(19)20)10-5-1-3-7-13(10)18-15/h1-9H,(H,19,20). The Morgan fingerprint density at radius 1 is 1.10 bits per heavy atom. The van der Waals surface area contributed by atoms with Crippen LogP contribution in [0, 0.1) is 5.82 Å². The van der Waals surface area contributed by atoms with Crippen molar-refractivity contribution in [3.05, 3.63) is 66.0 Å². The van der Waals surface area contributed by atoms with E-state index in [-0.39, 0.29) is 11.4 Å². The Labute approximate surface area is 124 Å². The number of benzene rings is 2. The number of fused-ring (bicyclic) bond motifs is 1. The first-order valence-electron chi connectivity index (χ1n) is 6.20. The summed E-state index contributed by atoms with van der Waals surface area (Å²) in [5.74, 6) is -1.38. The normalized spacial score (nSPS) is 10.7. The van der Waals surface area contributed by atoms with Crippen LogP contribution in [0.25, 0.3) is 10.9 Å². The van der Waals surface area contributed by atoms with Crippen molar-refractivity contribution in [3.8, 4) is 0 Å². The molecule has 3 aromatic rings. The Morgan fingerprint density at radius 2 is 1.81 bits per heavy atom. The lowest BCUT2D eigenvalue weighted by Gasteiger charge is -2.07. The predicted octanol–water partition coefficient (Wildman–Crippen LogP) is 4.22. The van der Waals surface area contributed by atoms with Crippen molar-refractivity contribution < 1.29 is 14.3 Å². The molecule has 5 heteroatoms. The number of carboxylic acids is 1. The minimum absolute atomic E-state index is 0.166. The molecule has 0 aliphatic heterocycles. The van der Waals surface area contributed by atoms with E-state index in [4.69, 9.17) is 0 Å². The molecule has 0 unspecified atom stereocenters. The van der Waals surface area contributed by atoms with Gasteiger partial charge in [0, 0.05) is 10.3 Å². The lowest BCUT2D eigenvalue weighted by Crippen LogP contribution is -1.99. The van der Waals surface area contributed by atoms with Crippen molar-refractivity contribution in [2.75, 3.05) is 0 Å². The molecule has 0 bridgehead atoms. The number of rotatable bonds is 3. The predicted molar refractivity (Wildman–Crippen MR) is 79.2 cm³/mol. The molecule has 0 saturated carbocycles. The maximum Gasteiger partial charge on any atom is 0.336 e. The number of aromatic nitrogens is 1. The molecule has 3 nitrogen and oxygen atoms in total. The van der Waals surface area contributed by atoms with Gasteiger partial charge < -0.3 is 5.11 Å². The minimum Gasteiger partial charge on any atom is -0.478 e. The molecule has 0 saturated heterocycles. The number of pyridine rings is 1. The molecule has 0 amide bonds. The Balaban J connectivity index is 2.11. The van der Waals surface area contributed by atoms with Gasteiger partial charge in [0.15, 0.2) is 0 Å². The first-order valence-corrected chi connectivity index (χ1v) is 7.02. The van der Waals surface area contributed by atoms with Gasteiger partial charge >= 0.3 is 5.97 Å². The maximum absolute atomic E-state index is 13.7. The first kappa shape index (κ1) is 13.6. The summed E-state index contributed by atoms with van der Waals surface area (Å²) in [6.07, 6.45) is 0. The highest BCUT2D eigenvalue weighted by Gasteiger charge is 2.13. The molecular weight excluding hydrogens is 289 g/mol. The Kier molecular flexibility index (Phi) is 3.58. The maximum atomic E-state index is 13.7. The van der Waals surface area contributed by atoms with E-state index >= 15 is 0 Å². The van der Waals surface area contributed by atoms with E-state index in [1.54, 1.807) is 42.5 Å². The molecule has 21 heavy (non-hydrogen) atoms. The number of carboxylic acid groups (broad SMARTS) is 1. The molecule has 2 aromatic carbocycles. The van der Waals surface area contributed by atoms with Crippen LogP contribution in [0.1, 0.15) is 10.4 Å². The Bertz CT molecular complexity index is 835. The van der Waals surface area contributed by atoms with Crippen LogP contribution in [0.4, 0.5) is 4.39 Å². The molecule has 0 atom stereocenters. The molecule has 0 spiro atoms. The van der Waals surface area contributed by atoms with Crippen LogP contribution in [0.2, 0.25) is 0 Å². The number of nitrogens with zero attached hydrogens (tertiary/aromatic N) is 1. The zero-order valence-corrected chi connectivity index (χ0v) is 11.6. The van der Waals surface area contributed by atoms with Crippen molar-refractivity contribution in [3.63, 3.8) is 0 Å². The number of carbonyl (C=O) groups is 1. The van der Waals surface area contributed by atoms with Crippen LogP contribution in [0.3, 0.4) is 0 Å². The second kappa shape index (κ2) is 5.54. The van der Waals surface area contributed by atoms with Gasteiger partial charge in [0.05, 0.1) is 11.1 Å². The number of halogens is 1. The monoisotopic (exact) mass is 299 g/mol. The average molecular weight is 299 g/mol. The summed E-state index contributed by atoms with van der Waals surface area (Å²) >= 11 is 1.11. The van der Waals surface area contributed by atoms with Gasteiger partial charge in [-0.15, -0.1) is 0 Å². The van der Waals surface area contributed by atoms with Gasteiger partial charge in [-0.3, -0.25) is 0 Å². The summed E-state index contributed by atoms with van der Waals surface area (Å²) in [6.45, 7) is 0. The van der Waals surface area contributed by atoms with E-state index in [9.17, 15) is 14.3 Å². The van der Waals surface area contributed by atoms with Crippen molar-refractivity contribution >= 4 is 28.6 Å². The lowest BCUT2D eigenvalue weighted by atomic mass is 10.1. The van der Waals surface area contributed by atoms with Gasteiger partial charge in [0.2, 0.25) is 0 Å². The van der Waals surface area contributed by atoms with Crippen LogP contribution in [-0.2, 0) is 0 Å². The van der Waals surface area contributed by atoms with E-state index in [0.29, 0.717) is 20.8 Å². The molecule has 0 aliphatic carbocycles. The third kappa shape index (κ3) is 2.73. The van der Waals surface area contributed by atoms with Gasteiger partial charge in [-0.2, -0.15) is 0 Å². The van der Waals surface area contributed by atoms with E-state index in [0.717, 1.165) is 11.8 Å². The summed E-state index contributed by atoms with van der Waals surface area (Å²) in [5, 5.41) is 10.3. The minimum atomic E-state index is -1.02.